The van der Waals surface area contributed by atoms with E-state index < -0.39 is 0 Å². The number of benzene rings is 1. The molecule has 0 aliphatic rings. The quantitative estimate of drug-likeness (QED) is 0.636. The van der Waals surface area contributed by atoms with Crippen LogP contribution in [0.25, 0.3) is 0 Å². The molecule has 2 nitrogen and oxygen atoms in total. The van der Waals surface area contributed by atoms with Gasteiger partial charge >= 0.3 is 0 Å². The number of hydrogen-bond donors (Lipinski definition) is 2. The largest absolute Gasteiger partial charge is 0.271 e. The van der Waals surface area contributed by atoms with E-state index in [9.17, 15) is 0 Å². The van der Waals surface area contributed by atoms with E-state index >= 15 is 0 Å². The number of hydrogen-bond acceptors (Lipinski definition) is 2. The van der Waals surface area contributed by atoms with E-state index in [2.05, 4.69) is 35.2 Å². The Balaban J connectivity index is 2.94. The zero-order valence-electron chi connectivity index (χ0n) is 9.63. The number of rotatable bonds is 5. The van der Waals surface area contributed by atoms with Crippen LogP contribution >= 0.6 is 27.5 Å². The minimum atomic E-state index is 0.159. The van der Waals surface area contributed by atoms with Crippen molar-refractivity contribution in [1.82, 2.24) is 5.43 Å². The van der Waals surface area contributed by atoms with Crippen molar-refractivity contribution in [3.05, 3.63) is 33.3 Å². The summed E-state index contributed by atoms with van der Waals surface area (Å²) in [6.07, 6.45) is 2.30. The van der Waals surface area contributed by atoms with Crippen LogP contribution in [-0.4, -0.2) is 0 Å². The summed E-state index contributed by atoms with van der Waals surface area (Å²) < 4.78 is 1.01. The van der Waals surface area contributed by atoms with Crippen molar-refractivity contribution in [2.24, 2.45) is 11.8 Å². The summed E-state index contributed by atoms with van der Waals surface area (Å²) in [5, 5.41) is 0.731. The molecule has 0 heterocycles. The molecule has 0 radical (unpaired) electrons. The van der Waals surface area contributed by atoms with Crippen molar-refractivity contribution in [3.63, 3.8) is 0 Å². The molecule has 1 aromatic rings. The van der Waals surface area contributed by atoms with Gasteiger partial charge in [0.05, 0.1) is 0 Å². The van der Waals surface area contributed by atoms with E-state index in [-0.39, 0.29) is 6.04 Å². The van der Waals surface area contributed by atoms with Crippen molar-refractivity contribution in [2.45, 2.75) is 32.7 Å². The summed E-state index contributed by atoms with van der Waals surface area (Å²) >= 11 is 9.45. The van der Waals surface area contributed by atoms with Crippen LogP contribution in [0, 0.1) is 5.92 Å². The smallest absolute Gasteiger partial charge is 0.0496 e. The number of nitrogens with one attached hydrogen (secondary N) is 1. The minimum absolute atomic E-state index is 0.159. The van der Waals surface area contributed by atoms with Gasteiger partial charge in [-0.3, -0.25) is 11.3 Å². The fourth-order valence-corrected chi connectivity index (χ4v) is 2.87. The van der Waals surface area contributed by atoms with Gasteiger partial charge in [0.15, 0.2) is 0 Å². The normalized spacial score (nSPS) is 14.8. The van der Waals surface area contributed by atoms with Crippen LogP contribution in [0.5, 0.6) is 0 Å². The molecule has 16 heavy (non-hydrogen) atoms. The molecule has 0 amide bonds. The lowest BCUT2D eigenvalue weighted by molar-refractivity contribution is 0.367. The summed E-state index contributed by atoms with van der Waals surface area (Å²) in [7, 11) is 0. The second kappa shape index (κ2) is 6.60. The van der Waals surface area contributed by atoms with Crippen LogP contribution in [0.1, 0.15) is 38.3 Å². The van der Waals surface area contributed by atoms with Gasteiger partial charge < -0.3 is 0 Å². The molecule has 0 aliphatic carbocycles. The second-order valence-corrected chi connectivity index (χ2v) is 5.37. The van der Waals surface area contributed by atoms with Crippen molar-refractivity contribution < 1.29 is 0 Å². The van der Waals surface area contributed by atoms with Crippen LogP contribution < -0.4 is 11.3 Å². The lowest BCUT2D eigenvalue weighted by Crippen LogP contribution is -2.32. The standard InChI is InChI=1S/C12H18BrClN2/c1-3-4-8(2)12(16-15)10-6-5-9(14)7-11(10)13/h5-8,12,16H,3-4,15H2,1-2H3. The highest BCUT2D eigenvalue weighted by molar-refractivity contribution is 9.10. The van der Waals surface area contributed by atoms with Gasteiger partial charge in [-0.1, -0.05) is 53.9 Å². The molecule has 2 unspecified atom stereocenters. The van der Waals surface area contributed by atoms with E-state index in [0.29, 0.717) is 5.92 Å². The molecular formula is C12H18BrClN2. The van der Waals surface area contributed by atoms with Crippen molar-refractivity contribution in [2.75, 3.05) is 0 Å². The minimum Gasteiger partial charge on any atom is -0.271 e. The van der Waals surface area contributed by atoms with Crippen LogP contribution in [0.15, 0.2) is 22.7 Å². The van der Waals surface area contributed by atoms with E-state index in [4.69, 9.17) is 17.4 Å². The van der Waals surface area contributed by atoms with Gasteiger partial charge in [0, 0.05) is 15.5 Å². The fourth-order valence-electron chi connectivity index (χ4n) is 1.94. The molecule has 0 saturated carbocycles. The highest BCUT2D eigenvalue weighted by Crippen LogP contribution is 2.32. The van der Waals surface area contributed by atoms with Crippen molar-refractivity contribution in [3.8, 4) is 0 Å². The van der Waals surface area contributed by atoms with Gasteiger partial charge in [-0.05, 0) is 30.0 Å². The zero-order valence-corrected chi connectivity index (χ0v) is 12.0. The van der Waals surface area contributed by atoms with Crippen LogP contribution in [-0.2, 0) is 0 Å². The topological polar surface area (TPSA) is 38.0 Å². The first-order valence-electron chi connectivity index (χ1n) is 5.51. The van der Waals surface area contributed by atoms with E-state index in [1.165, 1.54) is 0 Å². The predicted molar refractivity (Wildman–Crippen MR) is 73.3 cm³/mol. The predicted octanol–water partition coefficient (Wildman–Crippen LogP) is 4.04. The first-order chi connectivity index (χ1) is 7.60. The molecule has 0 fully saturated rings. The molecule has 90 valence electrons. The molecular weight excluding hydrogens is 288 g/mol. The fraction of sp³-hybridized carbons (Fsp3) is 0.500. The average molecular weight is 306 g/mol. The maximum Gasteiger partial charge on any atom is 0.0496 e. The lowest BCUT2D eigenvalue weighted by atomic mass is 9.91. The molecule has 2 atom stereocenters. The summed E-state index contributed by atoms with van der Waals surface area (Å²) in [5.41, 5.74) is 4.05. The Kier molecular flexibility index (Phi) is 5.76. The molecule has 0 bridgehead atoms. The van der Waals surface area contributed by atoms with Gasteiger partial charge in [0.1, 0.15) is 0 Å². The average Bonchev–Trinajstić information content (AvgIpc) is 2.22. The van der Waals surface area contributed by atoms with Crippen LogP contribution in [0.4, 0.5) is 0 Å². The number of hydrazine groups is 1. The molecule has 0 spiro atoms. The SMILES string of the molecule is CCCC(C)C(NN)c1ccc(Cl)cc1Br. The third kappa shape index (κ3) is 3.45. The summed E-state index contributed by atoms with van der Waals surface area (Å²) in [4.78, 5) is 0. The summed E-state index contributed by atoms with van der Waals surface area (Å²) in [6.45, 7) is 4.38. The Morgan fingerprint density at radius 1 is 1.50 bits per heavy atom. The maximum atomic E-state index is 5.92. The molecule has 1 rings (SSSR count). The Bertz CT molecular complexity index is 344. The summed E-state index contributed by atoms with van der Waals surface area (Å²) in [6, 6.07) is 5.97. The second-order valence-electron chi connectivity index (χ2n) is 4.08. The lowest BCUT2D eigenvalue weighted by Gasteiger charge is -2.24. The molecule has 0 aromatic heterocycles. The molecule has 0 saturated heterocycles. The Morgan fingerprint density at radius 3 is 2.69 bits per heavy atom. The number of nitrogens with two attached hydrogens (primary N) is 1. The van der Waals surface area contributed by atoms with Crippen molar-refractivity contribution in [1.29, 1.82) is 0 Å². The van der Waals surface area contributed by atoms with E-state index in [0.717, 1.165) is 27.9 Å². The van der Waals surface area contributed by atoms with Crippen LogP contribution in [0.3, 0.4) is 0 Å². The Labute approximate surface area is 111 Å². The van der Waals surface area contributed by atoms with Crippen molar-refractivity contribution >= 4 is 27.5 Å². The monoisotopic (exact) mass is 304 g/mol. The van der Waals surface area contributed by atoms with Gasteiger partial charge in [-0.2, -0.15) is 0 Å². The van der Waals surface area contributed by atoms with E-state index in [1.54, 1.807) is 0 Å². The number of halogens is 2. The van der Waals surface area contributed by atoms with Gasteiger partial charge in [0.25, 0.3) is 0 Å². The Morgan fingerprint density at radius 2 is 2.19 bits per heavy atom. The first kappa shape index (κ1) is 14.0. The highest BCUT2D eigenvalue weighted by atomic mass is 79.9. The zero-order chi connectivity index (χ0) is 12.1. The highest BCUT2D eigenvalue weighted by Gasteiger charge is 2.19. The van der Waals surface area contributed by atoms with Crippen LogP contribution in [0.2, 0.25) is 5.02 Å². The third-order valence-electron chi connectivity index (χ3n) is 2.79. The summed E-state index contributed by atoms with van der Waals surface area (Å²) in [5.74, 6) is 6.13. The van der Waals surface area contributed by atoms with E-state index in [1.807, 2.05) is 18.2 Å². The molecule has 0 aliphatic heterocycles. The third-order valence-corrected chi connectivity index (χ3v) is 3.71. The molecule has 3 N–H and O–H groups in total. The molecule has 1 aromatic carbocycles. The molecule has 4 heteroatoms. The van der Waals surface area contributed by atoms with Gasteiger partial charge in [-0.15, -0.1) is 0 Å². The first-order valence-corrected chi connectivity index (χ1v) is 6.68. The van der Waals surface area contributed by atoms with Gasteiger partial charge in [-0.25, -0.2) is 0 Å². The van der Waals surface area contributed by atoms with Gasteiger partial charge in [0.2, 0.25) is 0 Å². The maximum absolute atomic E-state index is 5.92. The Hall–Kier alpha value is -0.0900.